The highest BCUT2D eigenvalue weighted by Gasteiger charge is 2.13. The van der Waals surface area contributed by atoms with Gasteiger partial charge in [-0.25, -0.2) is 8.42 Å². The Hall–Kier alpha value is -2.90. The lowest BCUT2D eigenvalue weighted by Gasteiger charge is -2.12. The van der Waals surface area contributed by atoms with Crippen LogP contribution in [0.2, 0.25) is 0 Å². The number of hydrogen-bond donors (Lipinski definition) is 3. The molecule has 27 heavy (non-hydrogen) atoms. The van der Waals surface area contributed by atoms with Crippen molar-refractivity contribution in [2.75, 3.05) is 15.4 Å². The van der Waals surface area contributed by atoms with Gasteiger partial charge in [0.1, 0.15) is 0 Å². The Morgan fingerprint density at radius 1 is 0.741 bits per heavy atom. The van der Waals surface area contributed by atoms with Gasteiger partial charge in [-0.15, -0.1) is 0 Å². The third-order valence-corrected chi connectivity index (χ3v) is 5.36. The van der Waals surface area contributed by atoms with E-state index in [1.807, 2.05) is 37.3 Å². The summed E-state index contributed by atoms with van der Waals surface area (Å²) in [5.74, 6) is 0. The van der Waals surface area contributed by atoms with E-state index in [-0.39, 0.29) is 4.90 Å². The smallest absolute Gasteiger partial charge is 0.261 e. The Bertz CT molecular complexity index is 1020. The zero-order valence-electron chi connectivity index (χ0n) is 14.6. The van der Waals surface area contributed by atoms with Gasteiger partial charge >= 0.3 is 0 Å². The third kappa shape index (κ3) is 5.29. The van der Waals surface area contributed by atoms with Gasteiger partial charge in [0, 0.05) is 17.1 Å². The van der Waals surface area contributed by atoms with Crippen molar-refractivity contribution < 1.29 is 8.42 Å². The molecule has 0 saturated heterocycles. The number of hydrogen-bond acceptors (Lipinski definition) is 3. The molecule has 0 heterocycles. The standard InChI is InChI=1S/C20H19N3O2S2/c1-15-7-13-19(14-8-15)27(24,25)23-18-11-9-17(10-12-18)22-20(26)21-16-5-3-2-4-6-16/h2-14,23H,1H3,(H2,21,22,26). The lowest BCUT2D eigenvalue weighted by molar-refractivity contribution is 0.601. The molecule has 0 unspecified atom stereocenters. The second kappa shape index (κ2) is 8.20. The second-order valence-electron chi connectivity index (χ2n) is 5.94. The molecule has 5 nitrogen and oxygen atoms in total. The van der Waals surface area contributed by atoms with E-state index in [4.69, 9.17) is 12.2 Å². The topological polar surface area (TPSA) is 70.2 Å². The molecule has 0 bridgehead atoms. The van der Waals surface area contributed by atoms with Crippen molar-refractivity contribution in [2.24, 2.45) is 0 Å². The highest BCUT2D eigenvalue weighted by molar-refractivity contribution is 7.92. The molecule has 3 aromatic rings. The molecule has 0 amide bonds. The van der Waals surface area contributed by atoms with Crippen LogP contribution in [-0.2, 0) is 10.0 Å². The molecule has 0 aliphatic rings. The number of para-hydroxylation sites is 1. The Balaban J connectivity index is 1.63. The van der Waals surface area contributed by atoms with E-state index in [0.29, 0.717) is 10.8 Å². The number of anilines is 3. The van der Waals surface area contributed by atoms with Gasteiger partial charge in [-0.1, -0.05) is 35.9 Å². The fraction of sp³-hybridized carbons (Fsp3) is 0.0500. The van der Waals surface area contributed by atoms with E-state index in [0.717, 1.165) is 16.9 Å². The number of benzene rings is 3. The first-order chi connectivity index (χ1) is 12.9. The quantitative estimate of drug-likeness (QED) is 0.549. The Labute approximate surface area is 164 Å². The third-order valence-electron chi connectivity index (χ3n) is 3.76. The van der Waals surface area contributed by atoms with Gasteiger partial charge in [-0.2, -0.15) is 0 Å². The summed E-state index contributed by atoms with van der Waals surface area (Å²) in [6, 6.07) is 23.2. The summed E-state index contributed by atoms with van der Waals surface area (Å²) in [4.78, 5) is 0.226. The number of nitrogens with one attached hydrogen (secondary N) is 3. The largest absolute Gasteiger partial charge is 0.332 e. The van der Waals surface area contributed by atoms with Gasteiger partial charge in [0.05, 0.1) is 4.90 Å². The Kier molecular flexibility index (Phi) is 5.73. The van der Waals surface area contributed by atoms with E-state index < -0.39 is 10.0 Å². The molecule has 0 spiro atoms. The Morgan fingerprint density at radius 3 is 1.85 bits per heavy atom. The maximum Gasteiger partial charge on any atom is 0.261 e. The maximum atomic E-state index is 12.4. The van der Waals surface area contributed by atoms with E-state index >= 15 is 0 Å². The highest BCUT2D eigenvalue weighted by Crippen LogP contribution is 2.19. The van der Waals surface area contributed by atoms with Gasteiger partial charge in [-0.3, -0.25) is 4.72 Å². The van der Waals surface area contributed by atoms with E-state index in [1.54, 1.807) is 48.5 Å². The first-order valence-corrected chi connectivity index (χ1v) is 10.1. The predicted octanol–water partition coefficient (Wildman–Crippen LogP) is 4.60. The van der Waals surface area contributed by atoms with Crippen LogP contribution in [0.5, 0.6) is 0 Å². The molecule has 138 valence electrons. The first-order valence-electron chi connectivity index (χ1n) is 8.25. The molecular formula is C20H19N3O2S2. The molecule has 0 radical (unpaired) electrons. The molecule has 0 aromatic heterocycles. The van der Waals surface area contributed by atoms with Crippen LogP contribution in [0.15, 0.2) is 83.8 Å². The molecule has 3 N–H and O–H groups in total. The van der Waals surface area contributed by atoms with Gasteiger partial charge < -0.3 is 10.6 Å². The number of aryl methyl sites for hydroxylation is 1. The fourth-order valence-electron chi connectivity index (χ4n) is 2.37. The average Bonchev–Trinajstić information content (AvgIpc) is 2.64. The van der Waals surface area contributed by atoms with E-state index in [2.05, 4.69) is 15.4 Å². The van der Waals surface area contributed by atoms with Crippen LogP contribution in [-0.4, -0.2) is 13.5 Å². The van der Waals surface area contributed by atoms with Gasteiger partial charge in [0.15, 0.2) is 5.11 Å². The lowest BCUT2D eigenvalue weighted by atomic mass is 10.2. The van der Waals surface area contributed by atoms with E-state index in [9.17, 15) is 8.42 Å². The van der Waals surface area contributed by atoms with Crippen LogP contribution in [0.3, 0.4) is 0 Å². The summed E-state index contributed by atoms with van der Waals surface area (Å²) in [5.41, 5.74) is 3.12. The minimum atomic E-state index is -3.62. The van der Waals surface area contributed by atoms with Crippen LogP contribution in [0.4, 0.5) is 17.1 Å². The minimum Gasteiger partial charge on any atom is -0.332 e. The van der Waals surface area contributed by atoms with Crippen molar-refractivity contribution in [1.82, 2.24) is 0 Å². The SMILES string of the molecule is Cc1ccc(S(=O)(=O)Nc2ccc(NC(=S)Nc3ccccc3)cc2)cc1. The van der Waals surface area contributed by atoms with Crippen LogP contribution >= 0.6 is 12.2 Å². The molecule has 3 aromatic carbocycles. The maximum absolute atomic E-state index is 12.4. The van der Waals surface area contributed by atoms with Crippen molar-refractivity contribution in [3.63, 3.8) is 0 Å². The monoisotopic (exact) mass is 397 g/mol. The van der Waals surface area contributed by atoms with Crippen LogP contribution < -0.4 is 15.4 Å². The highest BCUT2D eigenvalue weighted by atomic mass is 32.2. The molecular weight excluding hydrogens is 378 g/mol. The second-order valence-corrected chi connectivity index (χ2v) is 8.03. The van der Waals surface area contributed by atoms with Crippen LogP contribution in [0.25, 0.3) is 0 Å². The average molecular weight is 398 g/mol. The molecule has 3 rings (SSSR count). The molecule has 0 atom stereocenters. The molecule has 0 saturated carbocycles. The van der Waals surface area contributed by atoms with Crippen molar-refractivity contribution in [1.29, 1.82) is 0 Å². The minimum absolute atomic E-state index is 0.226. The van der Waals surface area contributed by atoms with Crippen molar-refractivity contribution in [3.05, 3.63) is 84.4 Å². The summed E-state index contributed by atoms with van der Waals surface area (Å²) < 4.78 is 27.4. The van der Waals surface area contributed by atoms with Crippen LogP contribution in [0.1, 0.15) is 5.56 Å². The first kappa shape index (κ1) is 18.9. The Morgan fingerprint density at radius 2 is 1.26 bits per heavy atom. The zero-order chi connectivity index (χ0) is 19.3. The van der Waals surface area contributed by atoms with Crippen molar-refractivity contribution in [3.8, 4) is 0 Å². The molecule has 0 aliphatic heterocycles. The lowest BCUT2D eigenvalue weighted by Crippen LogP contribution is -2.19. The number of sulfonamides is 1. The normalized spacial score (nSPS) is 10.9. The van der Waals surface area contributed by atoms with Crippen LogP contribution in [0, 0.1) is 6.92 Å². The van der Waals surface area contributed by atoms with Crippen molar-refractivity contribution in [2.45, 2.75) is 11.8 Å². The predicted molar refractivity (Wildman–Crippen MR) is 115 cm³/mol. The molecule has 0 fully saturated rings. The summed E-state index contributed by atoms with van der Waals surface area (Å²) in [5, 5.41) is 6.59. The van der Waals surface area contributed by atoms with Gasteiger partial charge in [-0.05, 0) is 67.7 Å². The number of rotatable bonds is 5. The fourth-order valence-corrected chi connectivity index (χ4v) is 3.66. The summed E-state index contributed by atoms with van der Waals surface area (Å²) >= 11 is 5.28. The number of thiocarbonyl (C=S) groups is 1. The molecule has 7 heteroatoms. The van der Waals surface area contributed by atoms with Gasteiger partial charge in [0.2, 0.25) is 0 Å². The summed E-state index contributed by atoms with van der Waals surface area (Å²) in [6.07, 6.45) is 0. The van der Waals surface area contributed by atoms with E-state index in [1.165, 1.54) is 0 Å². The molecule has 0 aliphatic carbocycles. The summed E-state index contributed by atoms with van der Waals surface area (Å²) in [7, 11) is -3.62. The van der Waals surface area contributed by atoms with Crippen molar-refractivity contribution >= 4 is 44.4 Å². The summed E-state index contributed by atoms with van der Waals surface area (Å²) in [6.45, 7) is 1.91. The van der Waals surface area contributed by atoms with Gasteiger partial charge in [0.25, 0.3) is 10.0 Å². The zero-order valence-corrected chi connectivity index (χ0v) is 16.3.